The molecule has 3 aromatic heterocycles. The minimum Gasteiger partial charge on any atom is -0.351 e. The summed E-state index contributed by atoms with van der Waals surface area (Å²) in [6.45, 7) is 3.02. The molecule has 0 radical (unpaired) electrons. The van der Waals surface area contributed by atoms with Gasteiger partial charge in [-0.1, -0.05) is 29.7 Å². The SMILES string of the molecule is Cc1ccc(NC(=O)c2cc([C@@H](C)CC(=O)c3ncnc(-c4ncc[nH]4)c3Cl)no2)cc1C(F)(F)F. The zero-order chi connectivity index (χ0) is 26.0. The number of amides is 1. The Hall–Kier alpha value is -4.06. The topological polar surface area (TPSA) is 127 Å². The number of imidazole rings is 1. The van der Waals surface area contributed by atoms with Gasteiger partial charge in [-0.05, 0) is 24.6 Å². The molecule has 0 spiro atoms. The van der Waals surface area contributed by atoms with E-state index < -0.39 is 29.3 Å². The molecule has 3 heterocycles. The number of carbonyl (C=O) groups is 2. The molecule has 0 saturated heterocycles. The molecule has 0 aliphatic heterocycles. The van der Waals surface area contributed by atoms with Gasteiger partial charge in [0.1, 0.15) is 17.7 Å². The van der Waals surface area contributed by atoms with E-state index in [1.807, 2.05) is 0 Å². The van der Waals surface area contributed by atoms with Crippen LogP contribution < -0.4 is 5.32 Å². The van der Waals surface area contributed by atoms with Crippen molar-refractivity contribution in [2.24, 2.45) is 0 Å². The summed E-state index contributed by atoms with van der Waals surface area (Å²) in [5.74, 6) is -1.51. The largest absolute Gasteiger partial charge is 0.416 e. The minimum atomic E-state index is -4.56. The highest BCUT2D eigenvalue weighted by atomic mass is 35.5. The molecule has 36 heavy (non-hydrogen) atoms. The fourth-order valence-electron chi connectivity index (χ4n) is 3.43. The number of aromatic nitrogens is 5. The Bertz CT molecular complexity index is 1420. The highest BCUT2D eigenvalue weighted by molar-refractivity contribution is 6.35. The molecular weight excluding hydrogens is 501 g/mol. The average molecular weight is 519 g/mol. The molecule has 0 fully saturated rings. The third-order valence-corrected chi connectivity index (χ3v) is 5.68. The van der Waals surface area contributed by atoms with Gasteiger partial charge in [0.15, 0.2) is 11.6 Å². The normalized spacial score (nSPS) is 12.4. The highest BCUT2D eigenvalue weighted by Gasteiger charge is 2.32. The Morgan fingerprint density at radius 3 is 2.67 bits per heavy atom. The second-order valence-corrected chi connectivity index (χ2v) is 8.33. The standard InChI is InChI=1S/C23H18ClF3N6O3/c1-11-3-4-13(8-14(11)23(25,26)27)32-22(35)17-9-15(33-36-17)12(2)7-16(34)19-18(24)20(31-10-30-19)21-28-5-6-29-21/h3-6,8-10,12H,7H2,1-2H3,(H,28,29)(H,32,35)/t12-/m0/s1. The molecule has 1 amide bonds. The molecule has 0 aliphatic carbocycles. The van der Waals surface area contributed by atoms with E-state index in [0.717, 1.165) is 6.07 Å². The van der Waals surface area contributed by atoms with Gasteiger partial charge in [-0.2, -0.15) is 13.2 Å². The van der Waals surface area contributed by atoms with Gasteiger partial charge in [-0.3, -0.25) is 9.59 Å². The number of H-pyrrole nitrogens is 1. The Morgan fingerprint density at radius 1 is 1.19 bits per heavy atom. The summed E-state index contributed by atoms with van der Waals surface area (Å²) >= 11 is 6.33. The number of nitrogens with one attached hydrogen (secondary N) is 2. The first-order valence-corrected chi connectivity index (χ1v) is 10.9. The maximum atomic E-state index is 13.1. The number of Topliss-reactive ketones (excluding diaryl/α,β-unsaturated/α-hetero) is 1. The van der Waals surface area contributed by atoms with E-state index >= 15 is 0 Å². The maximum absolute atomic E-state index is 13.1. The van der Waals surface area contributed by atoms with Crippen LogP contribution in [-0.4, -0.2) is 36.8 Å². The number of rotatable bonds is 7. The summed E-state index contributed by atoms with van der Waals surface area (Å²) < 4.78 is 44.5. The smallest absolute Gasteiger partial charge is 0.351 e. The van der Waals surface area contributed by atoms with E-state index in [2.05, 4.69) is 30.4 Å². The van der Waals surface area contributed by atoms with Gasteiger partial charge in [0.05, 0.1) is 16.3 Å². The molecule has 9 nitrogen and oxygen atoms in total. The van der Waals surface area contributed by atoms with Crippen molar-refractivity contribution in [3.05, 3.63) is 76.3 Å². The molecule has 2 N–H and O–H groups in total. The number of hydrogen-bond acceptors (Lipinski definition) is 7. The van der Waals surface area contributed by atoms with Crippen LogP contribution in [0.5, 0.6) is 0 Å². The van der Waals surface area contributed by atoms with Gasteiger partial charge in [0, 0.05) is 36.5 Å². The van der Waals surface area contributed by atoms with Gasteiger partial charge >= 0.3 is 6.18 Å². The van der Waals surface area contributed by atoms with Crippen LogP contribution >= 0.6 is 11.6 Å². The van der Waals surface area contributed by atoms with Gasteiger partial charge in [-0.25, -0.2) is 15.0 Å². The number of halogens is 4. The first-order chi connectivity index (χ1) is 17.0. The Kier molecular flexibility index (Phi) is 6.88. The first kappa shape index (κ1) is 25.0. The third kappa shape index (κ3) is 5.28. The van der Waals surface area contributed by atoms with Crippen molar-refractivity contribution in [2.75, 3.05) is 5.32 Å². The van der Waals surface area contributed by atoms with Crippen LogP contribution in [0.2, 0.25) is 5.02 Å². The van der Waals surface area contributed by atoms with Crippen LogP contribution in [0.15, 0.2) is 47.5 Å². The third-order valence-electron chi connectivity index (χ3n) is 5.33. The summed E-state index contributed by atoms with van der Waals surface area (Å²) in [6.07, 6.45) is -0.310. The molecule has 0 saturated carbocycles. The van der Waals surface area contributed by atoms with E-state index in [-0.39, 0.29) is 39.8 Å². The number of nitrogens with zero attached hydrogens (tertiary/aromatic N) is 4. The van der Waals surface area contributed by atoms with E-state index in [4.69, 9.17) is 16.1 Å². The number of aryl methyl sites for hydroxylation is 1. The quantitative estimate of drug-likeness (QED) is 0.311. The van der Waals surface area contributed by atoms with Gasteiger partial charge in [-0.15, -0.1) is 0 Å². The van der Waals surface area contributed by atoms with E-state index in [1.165, 1.54) is 37.6 Å². The van der Waals surface area contributed by atoms with Crippen molar-refractivity contribution >= 4 is 29.0 Å². The summed E-state index contributed by atoms with van der Waals surface area (Å²) in [6, 6.07) is 4.77. The van der Waals surface area contributed by atoms with Crippen molar-refractivity contribution in [2.45, 2.75) is 32.4 Å². The fourth-order valence-corrected chi connectivity index (χ4v) is 3.72. The summed E-state index contributed by atoms with van der Waals surface area (Å²) in [7, 11) is 0. The van der Waals surface area contributed by atoms with Crippen LogP contribution in [-0.2, 0) is 6.18 Å². The summed E-state index contributed by atoms with van der Waals surface area (Å²) in [4.78, 5) is 40.3. The molecule has 1 aromatic carbocycles. The highest BCUT2D eigenvalue weighted by Crippen LogP contribution is 2.34. The second kappa shape index (κ2) is 9.90. The van der Waals surface area contributed by atoms with Crippen molar-refractivity contribution in [3.63, 3.8) is 0 Å². The molecule has 0 unspecified atom stereocenters. The summed E-state index contributed by atoms with van der Waals surface area (Å²) in [5.41, 5.74) is -0.302. The predicted molar refractivity (Wildman–Crippen MR) is 123 cm³/mol. The van der Waals surface area contributed by atoms with Crippen molar-refractivity contribution < 1.29 is 27.3 Å². The van der Waals surface area contributed by atoms with Crippen LogP contribution in [0.4, 0.5) is 18.9 Å². The lowest BCUT2D eigenvalue weighted by Crippen LogP contribution is -2.13. The van der Waals surface area contributed by atoms with Crippen LogP contribution in [0.25, 0.3) is 11.5 Å². The summed E-state index contributed by atoms with van der Waals surface area (Å²) in [5, 5.41) is 6.23. The number of benzene rings is 1. The van der Waals surface area contributed by atoms with Crippen LogP contribution in [0.1, 0.15) is 57.1 Å². The monoisotopic (exact) mass is 518 g/mol. The molecule has 13 heteroatoms. The van der Waals surface area contributed by atoms with Gasteiger partial charge in [0.25, 0.3) is 5.91 Å². The zero-order valence-corrected chi connectivity index (χ0v) is 19.6. The van der Waals surface area contributed by atoms with E-state index in [1.54, 1.807) is 13.1 Å². The van der Waals surface area contributed by atoms with Gasteiger partial charge < -0.3 is 14.8 Å². The molecule has 0 bridgehead atoms. The molecule has 4 rings (SSSR count). The lowest BCUT2D eigenvalue weighted by molar-refractivity contribution is -0.138. The van der Waals surface area contributed by atoms with Crippen molar-refractivity contribution in [1.82, 2.24) is 25.1 Å². The lowest BCUT2D eigenvalue weighted by atomic mass is 9.99. The van der Waals surface area contributed by atoms with Crippen molar-refractivity contribution in [1.29, 1.82) is 0 Å². The molecule has 4 aromatic rings. The van der Waals surface area contributed by atoms with E-state index in [0.29, 0.717) is 11.5 Å². The Labute approximate surface area is 207 Å². The Morgan fingerprint density at radius 2 is 1.97 bits per heavy atom. The molecule has 186 valence electrons. The van der Waals surface area contributed by atoms with Crippen LogP contribution in [0.3, 0.4) is 0 Å². The average Bonchev–Trinajstić information content (AvgIpc) is 3.52. The number of carbonyl (C=O) groups excluding carboxylic acids is 2. The lowest BCUT2D eigenvalue weighted by Gasteiger charge is -2.12. The molecule has 0 aliphatic rings. The Balaban J connectivity index is 1.45. The number of alkyl halides is 3. The minimum absolute atomic E-state index is 0.00576. The fraction of sp³-hybridized carbons (Fsp3) is 0.217. The first-order valence-electron chi connectivity index (χ1n) is 10.5. The predicted octanol–water partition coefficient (Wildman–Crippen LogP) is 5.46. The number of ketones is 1. The molecular formula is C23H18ClF3N6O3. The van der Waals surface area contributed by atoms with E-state index in [9.17, 15) is 22.8 Å². The zero-order valence-electron chi connectivity index (χ0n) is 18.9. The number of anilines is 1. The molecule has 1 atom stereocenters. The van der Waals surface area contributed by atoms with Crippen molar-refractivity contribution in [3.8, 4) is 11.5 Å². The second-order valence-electron chi connectivity index (χ2n) is 7.95. The maximum Gasteiger partial charge on any atom is 0.416 e. The van der Waals surface area contributed by atoms with Crippen LogP contribution in [0, 0.1) is 6.92 Å². The number of aromatic amines is 1. The number of hydrogen-bond donors (Lipinski definition) is 2. The van der Waals surface area contributed by atoms with Gasteiger partial charge in [0.2, 0.25) is 5.76 Å².